The number of hydrogen-bond donors (Lipinski definition) is 1. The normalized spacial score (nSPS) is 21.2. The summed E-state index contributed by atoms with van der Waals surface area (Å²) in [5.74, 6) is -1.04. The van der Waals surface area contributed by atoms with Crippen LogP contribution in [0.15, 0.2) is 53.2 Å². The number of alkyl halides is 1. The molecule has 2 heterocycles. The average molecular weight is 441 g/mol. The first-order chi connectivity index (χ1) is 15.5. The van der Waals surface area contributed by atoms with E-state index in [1.165, 1.54) is 11.6 Å². The van der Waals surface area contributed by atoms with Crippen molar-refractivity contribution in [1.29, 1.82) is 0 Å². The van der Waals surface area contributed by atoms with Crippen LogP contribution < -0.4 is 10.1 Å². The van der Waals surface area contributed by atoms with E-state index in [1.54, 1.807) is 13.2 Å². The van der Waals surface area contributed by atoms with Crippen molar-refractivity contribution >= 4 is 17.5 Å². The highest BCUT2D eigenvalue weighted by Crippen LogP contribution is 2.47. The average Bonchev–Trinajstić information content (AvgIpc) is 2.82. The van der Waals surface area contributed by atoms with Crippen molar-refractivity contribution in [2.75, 3.05) is 19.1 Å². The Labute approximate surface area is 186 Å². The molecule has 2 aromatic rings. The number of rotatable bonds is 6. The molecule has 2 atom stereocenters. The Morgan fingerprint density at radius 3 is 2.69 bits per heavy atom. The third-order valence-electron chi connectivity index (χ3n) is 6.19. The topological polar surface area (TPSA) is 33.6 Å². The molecule has 168 valence electrons. The van der Waals surface area contributed by atoms with Crippen LogP contribution in [0.4, 0.5) is 18.9 Å². The molecule has 0 saturated carbocycles. The van der Waals surface area contributed by atoms with E-state index in [2.05, 4.69) is 23.3 Å². The number of ether oxygens (including phenoxy) is 1. The summed E-state index contributed by atoms with van der Waals surface area (Å²) in [5, 5.41) is 3.64. The molecule has 2 aromatic carbocycles. The zero-order chi connectivity index (χ0) is 22.7. The maximum atomic E-state index is 13.9. The van der Waals surface area contributed by atoms with Crippen molar-refractivity contribution in [2.24, 2.45) is 10.9 Å². The largest absolute Gasteiger partial charge is 0.495 e. The second-order valence-electron chi connectivity index (χ2n) is 8.21. The van der Waals surface area contributed by atoms with Gasteiger partial charge in [-0.1, -0.05) is 19.1 Å². The summed E-state index contributed by atoms with van der Waals surface area (Å²) < 4.78 is 45.9. The molecule has 0 bridgehead atoms. The first kappa shape index (κ1) is 22.2. The zero-order valence-electron chi connectivity index (χ0n) is 18.3. The van der Waals surface area contributed by atoms with E-state index >= 15 is 0 Å². The quantitative estimate of drug-likeness (QED) is 0.493. The Kier molecular flexibility index (Phi) is 6.68. The summed E-state index contributed by atoms with van der Waals surface area (Å²) in [6.45, 7) is 1.78. The van der Waals surface area contributed by atoms with E-state index in [-0.39, 0.29) is 18.6 Å². The van der Waals surface area contributed by atoms with Crippen LogP contribution in [0.2, 0.25) is 0 Å². The van der Waals surface area contributed by atoms with Gasteiger partial charge in [0.2, 0.25) is 0 Å². The van der Waals surface area contributed by atoms with Gasteiger partial charge in [0.05, 0.1) is 25.5 Å². The number of benzene rings is 2. The van der Waals surface area contributed by atoms with E-state index in [0.717, 1.165) is 41.3 Å². The number of unbranched alkanes of at least 4 members (excludes halogenated alkanes) is 1. The van der Waals surface area contributed by atoms with E-state index in [1.807, 2.05) is 24.5 Å². The lowest BCUT2D eigenvalue weighted by molar-refractivity contribution is 0.415. The number of fused-ring (bicyclic) bond motifs is 1. The fourth-order valence-electron chi connectivity index (χ4n) is 4.50. The smallest absolute Gasteiger partial charge is 0.159 e. The molecular formula is C26H27F3N2O. The maximum Gasteiger partial charge on any atom is 0.159 e. The second-order valence-corrected chi connectivity index (χ2v) is 8.21. The van der Waals surface area contributed by atoms with Crippen molar-refractivity contribution in [3.05, 3.63) is 65.4 Å². The molecule has 0 radical (unpaired) electrons. The van der Waals surface area contributed by atoms with Crippen LogP contribution in [-0.4, -0.2) is 26.0 Å². The summed E-state index contributed by atoms with van der Waals surface area (Å²) in [6.07, 6.45) is 8.83. The monoisotopic (exact) mass is 440 g/mol. The molecule has 0 spiro atoms. The second kappa shape index (κ2) is 9.63. The Morgan fingerprint density at radius 1 is 1.16 bits per heavy atom. The molecule has 0 fully saturated rings. The van der Waals surface area contributed by atoms with Crippen LogP contribution in [0.5, 0.6) is 5.75 Å². The molecule has 3 nitrogen and oxygen atoms in total. The van der Waals surface area contributed by atoms with Crippen molar-refractivity contribution < 1.29 is 17.9 Å². The van der Waals surface area contributed by atoms with E-state index in [0.29, 0.717) is 24.2 Å². The zero-order valence-corrected chi connectivity index (χ0v) is 18.3. The molecule has 2 aliphatic heterocycles. The summed E-state index contributed by atoms with van der Waals surface area (Å²) in [5.41, 5.74) is 5.39. The predicted molar refractivity (Wildman–Crippen MR) is 124 cm³/mol. The Bertz CT molecular complexity index is 1090. The van der Waals surface area contributed by atoms with E-state index in [9.17, 15) is 13.2 Å². The molecule has 2 aliphatic rings. The van der Waals surface area contributed by atoms with Crippen LogP contribution >= 0.6 is 0 Å². The minimum Gasteiger partial charge on any atom is -0.495 e. The Balaban J connectivity index is 1.85. The fraction of sp³-hybridized carbons (Fsp3) is 0.346. The standard InChI is InChI=1S/C26H27F3N2O/c1-16-20(7-3-4-10-27)21-12-19(17-8-9-22(28)23(29)13-17)14-24(32-2)26(21)31-25(16)18-6-5-11-30-15-18/h7-9,11-16,25,31H,3-6,10H2,1-2H3/b20-7+. The van der Waals surface area contributed by atoms with Gasteiger partial charge >= 0.3 is 0 Å². The fourth-order valence-corrected chi connectivity index (χ4v) is 4.50. The lowest BCUT2D eigenvalue weighted by Gasteiger charge is -2.38. The van der Waals surface area contributed by atoms with Crippen molar-refractivity contribution in [2.45, 2.75) is 38.6 Å². The van der Waals surface area contributed by atoms with E-state index in [4.69, 9.17) is 4.74 Å². The first-order valence-corrected chi connectivity index (χ1v) is 10.9. The molecule has 1 N–H and O–H groups in total. The van der Waals surface area contributed by atoms with Gasteiger partial charge in [-0.15, -0.1) is 0 Å². The van der Waals surface area contributed by atoms with Crippen LogP contribution in [0.25, 0.3) is 16.7 Å². The molecule has 32 heavy (non-hydrogen) atoms. The highest BCUT2D eigenvalue weighted by molar-refractivity contribution is 5.89. The van der Waals surface area contributed by atoms with Gasteiger partial charge < -0.3 is 10.1 Å². The summed E-state index contributed by atoms with van der Waals surface area (Å²) in [4.78, 5) is 4.34. The van der Waals surface area contributed by atoms with Gasteiger partial charge in [0.15, 0.2) is 11.6 Å². The SMILES string of the molecule is COc1cc(-c2ccc(F)c(F)c2)cc2c1NC(C1=CN=CCC1)C(C)/C2=C\CCCF. The third kappa shape index (κ3) is 4.31. The number of halogens is 3. The predicted octanol–water partition coefficient (Wildman–Crippen LogP) is 6.95. The van der Waals surface area contributed by atoms with Crippen LogP contribution in [0.3, 0.4) is 0 Å². The molecule has 2 unspecified atom stereocenters. The number of methoxy groups -OCH3 is 1. The number of anilines is 1. The number of hydrogen-bond acceptors (Lipinski definition) is 3. The highest BCUT2D eigenvalue weighted by atomic mass is 19.2. The van der Waals surface area contributed by atoms with Gasteiger partial charge in [0.25, 0.3) is 0 Å². The van der Waals surface area contributed by atoms with Gasteiger partial charge in [0.1, 0.15) is 5.75 Å². The van der Waals surface area contributed by atoms with Gasteiger partial charge in [0, 0.05) is 23.9 Å². The summed E-state index contributed by atoms with van der Waals surface area (Å²) in [6, 6.07) is 7.72. The molecule has 0 saturated heterocycles. The molecular weight excluding hydrogens is 413 g/mol. The lowest BCUT2D eigenvalue weighted by atomic mass is 9.78. The minimum absolute atomic E-state index is 0.0413. The number of nitrogens with zero attached hydrogens (tertiary/aromatic N) is 1. The van der Waals surface area contributed by atoms with Crippen molar-refractivity contribution in [3.63, 3.8) is 0 Å². The molecule has 0 aliphatic carbocycles. The highest BCUT2D eigenvalue weighted by Gasteiger charge is 2.33. The molecule has 0 amide bonds. The lowest BCUT2D eigenvalue weighted by Crippen LogP contribution is -2.35. The molecule has 6 heteroatoms. The van der Waals surface area contributed by atoms with Crippen LogP contribution in [-0.2, 0) is 0 Å². The number of allylic oxidation sites excluding steroid dienone is 1. The van der Waals surface area contributed by atoms with Crippen molar-refractivity contribution in [1.82, 2.24) is 0 Å². The van der Waals surface area contributed by atoms with Crippen LogP contribution in [0.1, 0.15) is 38.2 Å². The summed E-state index contributed by atoms with van der Waals surface area (Å²) >= 11 is 0. The van der Waals surface area contributed by atoms with Gasteiger partial charge in [-0.25, -0.2) is 8.78 Å². The molecule has 0 aromatic heterocycles. The maximum absolute atomic E-state index is 13.9. The minimum atomic E-state index is -0.894. The molecule has 4 rings (SSSR count). The van der Waals surface area contributed by atoms with Crippen LogP contribution in [0, 0.1) is 17.6 Å². The number of aliphatic imine (C=N–C) groups is 1. The Hall–Kier alpha value is -3.02. The number of nitrogens with one attached hydrogen (secondary N) is 1. The van der Waals surface area contributed by atoms with Gasteiger partial charge in [-0.3, -0.25) is 9.38 Å². The van der Waals surface area contributed by atoms with Gasteiger partial charge in [-0.2, -0.15) is 0 Å². The van der Waals surface area contributed by atoms with Crippen molar-refractivity contribution in [3.8, 4) is 16.9 Å². The third-order valence-corrected chi connectivity index (χ3v) is 6.19. The summed E-state index contributed by atoms with van der Waals surface area (Å²) in [7, 11) is 1.59. The first-order valence-electron chi connectivity index (χ1n) is 10.9. The Morgan fingerprint density at radius 2 is 2.00 bits per heavy atom. The van der Waals surface area contributed by atoms with Gasteiger partial charge in [-0.05, 0) is 72.2 Å². The van der Waals surface area contributed by atoms with E-state index < -0.39 is 11.6 Å².